The lowest BCUT2D eigenvalue weighted by Gasteiger charge is -2.36. The van der Waals surface area contributed by atoms with E-state index in [1.807, 2.05) is 19.9 Å². The van der Waals surface area contributed by atoms with E-state index in [4.69, 9.17) is 9.72 Å². The molecule has 10 heteroatoms. The number of alkyl halides is 2. The van der Waals surface area contributed by atoms with Gasteiger partial charge < -0.3 is 9.64 Å². The molecule has 0 unspecified atom stereocenters. The summed E-state index contributed by atoms with van der Waals surface area (Å²) in [6.07, 6.45) is 6.09. The Morgan fingerprint density at radius 2 is 1.84 bits per heavy atom. The molecule has 0 spiro atoms. The van der Waals surface area contributed by atoms with Crippen LogP contribution in [0.1, 0.15) is 87.5 Å². The van der Waals surface area contributed by atoms with Crippen molar-refractivity contribution in [1.82, 2.24) is 24.4 Å². The molecule has 37 heavy (non-hydrogen) atoms. The zero-order valence-corrected chi connectivity index (χ0v) is 22.0. The van der Waals surface area contributed by atoms with E-state index in [0.29, 0.717) is 36.1 Å². The molecule has 3 aromatic rings. The Labute approximate surface area is 216 Å². The minimum absolute atomic E-state index is 0.0671. The number of Topliss-reactive ketones (excluding diaryl/α,β-unsaturated/α-hetero) is 1. The van der Waals surface area contributed by atoms with Crippen molar-refractivity contribution in [2.45, 2.75) is 84.5 Å². The lowest BCUT2D eigenvalue weighted by Crippen LogP contribution is -2.45. The third kappa shape index (κ3) is 5.39. The number of halogens is 2. The van der Waals surface area contributed by atoms with Crippen molar-refractivity contribution < 1.29 is 18.3 Å². The number of fused-ring (bicyclic) bond motifs is 1. The number of hydrogen-bond donors (Lipinski definition) is 0. The van der Waals surface area contributed by atoms with Crippen molar-refractivity contribution in [3.05, 3.63) is 41.5 Å². The first kappa shape index (κ1) is 25.8. The maximum absolute atomic E-state index is 13.9. The van der Waals surface area contributed by atoms with Crippen molar-refractivity contribution in [2.75, 3.05) is 18.0 Å². The van der Waals surface area contributed by atoms with Gasteiger partial charge in [0.15, 0.2) is 11.4 Å². The van der Waals surface area contributed by atoms with Crippen LogP contribution in [0, 0.1) is 11.8 Å². The van der Waals surface area contributed by atoms with Gasteiger partial charge in [-0.05, 0) is 57.4 Å². The number of morpholine rings is 1. The van der Waals surface area contributed by atoms with Crippen LogP contribution in [0.3, 0.4) is 0 Å². The monoisotopic (exact) mass is 514 g/mol. The highest BCUT2D eigenvalue weighted by molar-refractivity contribution is 6.02. The van der Waals surface area contributed by atoms with Crippen molar-refractivity contribution in [1.29, 1.82) is 0 Å². The van der Waals surface area contributed by atoms with Crippen LogP contribution < -0.4 is 4.90 Å². The van der Waals surface area contributed by atoms with Gasteiger partial charge in [-0.2, -0.15) is 10.2 Å². The number of carbonyl (C=O) groups excluding carboxylic acids is 1. The third-order valence-corrected chi connectivity index (χ3v) is 7.85. The molecule has 1 aliphatic heterocycles. The van der Waals surface area contributed by atoms with E-state index in [-0.39, 0.29) is 41.7 Å². The van der Waals surface area contributed by atoms with Gasteiger partial charge in [0, 0.05) is 37.5 Å². The Bertz CT molecular complexity index is 1240. The zero-order chi connectivity index (χ0) is 26.3. The molecule has 0 aromatic carbocycles. The molecule has 200 valence electrons. The largest absolute Gasteiger partial charge is 0.372 e. The zero-order valence-electron chi connectivity index (χ0n) is 22.0. The second kappa shape index (κ2) is 10.5. The second-order valence-electron chi connectivity index (χ2n) is 11.0. The van der Waals surface area contributed by atoms with Crippen LogP contribution in [-0.4, -0.2) is 55.5 Å². The highest BCUT2D eigenvalue weighted by Crippen LogP contribution is 2.36. The fraction of sp³-hybridized carbons (Fsp3) is 0.630. The predicted molar refractivity (Wildman–Crippen MR) is 136 cm³/mol. The fourth-order valence-corrected chi connectivity index (χ4v) is 5.85. The molecule has 2 fully saturated rings. The molecule has 0 N–H and O–H groups in total. The van der Waals surface area contributed by atoms with Gasteiger partial charge >= 0.3 is 0 Å². The van der Waals surface area contributed by atoms with Crippen LogP contribution in [0.25, 0.3) is 5.65 Å². The van der Waals surface area contributed by atoms with Gasteiger partial charge in [-0.1, -0.05) is 13.8 Å². The molecule has 2 aliphatic rings. The van der Waals surface area contributed by atoms with Crippen LogP contribution >= 0.6 is 0 Å². The van der Waals surface area contributed by atoms with Crippen molar-refractivity contribution in [2.24, 2.45) is 11.8 Å². The molecule has 0 bridgehead atoms. The second-order valence-corrected chi connectivity index (χ2v) is 11.0. The maximum Gasteiger partial charge on any atom is 0.282 e. The Balaban J connectivity index is 1.37. The van der Waals surface area contributed by atoms with Crippen LogP contribution in [0.4, 0.5) is 14.6 Å². The van der Waals surface area contributed by atoms with Gasteiger partial charge in [0.25, 0.3) is 6.43 Å². The standard InChI is InChI=1S/C27H36F2N6O2/c1-16(2)19-5-7-21(8-6-19)35-15-20(25(32-35)26(28)29)11-23(36)22-12-30-34-10-9-24(31-27(22)34)33-13-17(3)37-18(4)14-33/h9-10,12,15-19,21,26H,5-8,11,13-14H2,1-4H3/t17-,18-,19?,21?/m0/s1. The van der Waals surface area contributed by atoms with Crippen molar-refractivity contribution >= 4 is 17.2 Å². The number of carbonyl (C=O) groups is 1. The van der Waals surface area contributed by atoms with Gasteiger partial charge in [0.2, 0.25) is 0 Å². The van der Waals surface area contributed by atoms with Gasteiger partial charge in [0.05, 0.1) is 30.0 Å². The molecule has 2 atom stereocenters. The lowest BCUT2D eigenvalue weighted by atomic mass is 9.80. The van der Waals surface area contributed by atoms with Gasteiger partial charge in [-0.15, -0.1) is 0 Å². The normalized spacial score (nSPS) is 24.9. The first-order valence-electron chi connectivity index (χ1n) is 13.3. The summed E-state index contributed by atoms with van der Waals surface area (Å²) in [4.78, 5) is 20.2. The highest BCUT2D eigenvalue weighted by Gasteiger charge is 2.29. The summed E-state index contributed by atoms with van der Waals surface area (Å²) >= 11 is 0. The highest BCUT2D eigenvalue weighted by atomic mass is 19.3. The molecule has 1 aliphatic carbocycles. The molecule has 8 nitrogen and oxygen atoms in total. The first-order valence-corrected chi connectivity index (χ1v) is 13.3. The van der Waals surface area contributed by atoms with E-state index in [2.05, 4.69) is 28.9 Å². The topological polar surface area (TPSA) is 77.5 Å². The average molecular weight is 515 g/mol. The molecule has 0 radical (unpaired) electrons. The number of ketones is 1. The number of hydrogen-bond acceptors (Lipinski definition) is 6. The van der Waals surface area contributed by atoms with E-state index < -0.39 is 6.43 Å². The molecular weight excluding hydrogens is 478 g/mol. The molecule has 5 rings (SSSR count). The van der Waals surface area contributed by atoms with E-state index >= 15 is 0 Å². The summed E-state index contributed by atoms with van der Waals surface area (Å²) in [5, 5.41) is 8.52. The molecule has 4 heterocycles. The maximum atomic E-state index is 13.9. The Hall–Kier alpha value is -2.88. The molecule has 0 amide bonds. The molecule has 1 saturated carbocycles. The van der Waals surface area contributed by atoms with Crippen molar-refractivity contribution in [3.8, 4) is 0 Å². The van der Waals surface area contributed by atoms with E-state index in [9.17, 15) is 13.6 Å². The Morgan fingerprint density at radius 1 is 1.14 bits per heavy atom. The molecular formula is C27H36F2N6O2. The minimum atomic E-state index is -2.74. The van der Waals surface area contributed by atoms with Gasteiger partial charge in [-0.25, -0.2) is 18.3 Å². The van der Waals surface area contributed by atoms with Gasteiger partial charge in [0.1, 0.15) is 11.5 Å². The minimum Gasteiger partial charge on any atom is -0.372 e. The fourth-order valence-electron chi connectivity index (χ4n) is 5.85. The molecule has 3 aromatic heterocycles. The smallest absolute Gasteiger partial charge is 0.282 e. The summed E-state index contributed by atoms with van der Waals surface area (Å²) in [6, 6.07) is 1.96. The number of anilines is 1. The summed E-state index contributed by atoms with van der Waals surface area (Å²) in [5.74, 6) is 1.73. The summed E-state index contributed by atoms with van der Waals surface area (Å²) < 4.78 is 36.9. The van der Waals surface area contributed by atoms with Gasteiger partial charge in [-0.3, -0.25) is 9.48 Å². The van der Waals surface area contributed by atoms with E-state index in [0.717, 1.165) is 31.5 Å². The Kier molecular flexibility index (Phi) is 7.29. The summed E-state index contributed by atoms with van der Waals surface area (Å²) in [5.41, 5.74) is 0.715. The number of rotatable bonds is 7. The third-order valence-electron chi connectivity index (χ3n) is 7.85. The van der Waals surface area contributed by atoms with Crippen LogP contribution in [-0.2, 0) is 11.2 Å². The SMILES string of the molecule is CC(C)C1CCC(n2cc(CC(=O)c3cnn4ccc(N5C[C@H](C)O[C@@H](C)C5)nc34)c(C(F)F)n2)CC1. The summed E-state index contributed by atoms with van der Waals surface area (Å²) in [6.45, 7) is 9.90. The van der Waals surface area contributed by atoms with E-state index in [1.165, 1.54) is 6.20 Å². The number of nitrogens with zero attached hydrogens (tertiary/aromatic N) is 6. The van der Waals surface area contributed by atoms with Crippen LogP contribution in [0.2, 0.25) is 0 Å². The summed E-state index contributed by atoms with van der Waals surface area (Å²) in [7, 11) is 0. The Morgan fingerprint density at radius 3 is 2.49 bits per heavy atom. The average Bonchev–Trinajstić information content (AvgIpc) is 3.47. The first-order chi connectivity index (χ1) is 17.7. The van der Waals surface area contributed by atoms with E-state index in [1.54, 1.807) is 21.6 Å². The van der Waals surface area contributed by atoms with Crippen molar-refractivity contribution in [3.63, 3.8) is 0 Å². The lowest BCUT2D eigenvalue weighted by molar-refractivity contribution is -0.00545. The van der Waals surface area contributed by atoms with Crippen LogP contribution in [0.5, 0.6) is 0 Å². The predicted octanol–water partition coefficient (Wildman–Crippen LogP) is 5.29. The quantitative estimate of drug-likeness (QED) is 0.399. The number of ether oxygens (including phenoxy) is 1. The number of aromatic nitrogens is 5. The van der Waals surface area contributed by atoms with Crippen LogP contribution in [0.15, 0.2) is 24.7 Å². The molecule has 1 saturated heterocycles.